The van der Waals surface area contributed by atoms with Crippen molar-refractivity contribution >= 4 is 49.3 Å². The maximum atomic E-state index is 13.7. The molecule has 1 heterocycles. The Hall–Kier alpha value is -1.93. The van der Waals surface area contributed by atoms with Crippen LogP contribution < -0.4 is 10.5 Å². The van der Waals surface area contributed by atoms with E-state index in [0.29, 0.717) is 34.1 Å². The van der Waals surface area contributed by atoms with Gasteiger partial charge in [-0.15, -0.1) is 0 Å². The molecule has 4 rings (SSSR count). The Kier molecular flexibility index (Phi) is 6.86. The van der Waals surface area contributed by atoms with Crippen molar-refractivity contribution in [2.45, 2.75) is 66.2 Å². The lowest BCUT2D eigenvalue weighted by Crippen LogP contribution is -2.44. The van der Waals surface area contributed by atoms with Gasteiger partial charge in [-0.05, 0) is 80.2 Å². The van der Waals surface area contributed by atoms with E-state index < -0.39 is 11.8 Å². The van der Waals surface area contributed by atoms with Gasteiger partial charge in [-0.1, -0.05) is 27.7 Å². The Morgan fingerprint density at radius 3 is 1.83 bits per heavy atom. The summed E-state index contributed by atoms with van der Waals surface area (Å²) in [7, 11) is 0. The summed E-state index contributed by atoms with van der Waals surface area (Å²) in [6.07, 6.45) is 2.46. The highest BCUT2D eigenvalue weighted by atomic mass is 79.9. The van der Waals surface area contributed by atoms with E-state index in [1.165, 1.54) is 0 Å². The second-order valence-corrected chi connectivity index (χ2v) is 13.1. The number of Topliss-reactive ketones (excluding diaryl/α,β-unsaturated/α-hetero) is 2. The van der Waals surface area contributed by atoms with Crippen molar-refractivity contribution in [2.24, 2.45) is 16.6 Å². The molecule has 0 spiro atoms. The molecule has 8 heteroatoms. The normalized spacial score (nSPS) is 21.7. The standard InChI is InChI=1S/C27H32Br2N2O4/c1-6-31-17-9-26(2,3)11-19(32)23(17)22(24-18(31)10-27(4,5)12-20(24)33)14-7-15(28)25(16(29)8-14)35-13-21(30)34/h7-8,22H,6,9-13H2,1-5H3,(H2,30,34). The molecule has 3 aliphatic rings. The SMILES string of the molecule is CCN1C2=C(C(=O)CC(C)(C)C2)C(c2cc(Br)c(OCC(N)=O)c(Br)c2)C2=C1CC(C)(C)CC2=O. The number of hydrogen-bond donors (Lipinski definition) is 1. The summed E-state index contributed by atoms with van der Waals surface area (Å²) in [5.41, 5.74) is 9.37. The average molecular weight is 608 g/mol. The number of amides is 1. The van der Waals surface area contributed by atoms with E-state index in [4.69, 9.17) is 10.5 Å². The van der Waals surface area contributed by atoms with E-state index in [1.54, 1.807) is 0 Å². The molecule has 188 valence electrons. The van der Waals surface area contributed by atoms with E-state index >= 15 is 0 Å². The van der Waals surface area contributed by atoms with Gasteiger partial charge in [-0.3, -0.25) is 14.4 Å². The van der Waals surface area contributed by atoms with Gasteiger partial charge in [0.15, 0.2) is 18.2 Å². The molecule has 0 fully saturated rings. The Morgan fingerprint density at radius 1 is 0.971 bits per heavy atom. The van der Waals surface area contributed by atoms with Gasteiger partial charge in [0.05, 0.1) is 8.95 Å². The fourth-order valence-electron chi connectivity index (χ4n) is 5.79. The smallest absolute Gasteiger partial charge is 0.255 e. The second-order valence-electron chi connectivity index (χ2n) is 11.3. The molecule has 0 unspecified atom stereocenters. The van der Waals surface area contributed by atoms with E-state index in [1.807, 2.05) is 12.1 Å². The van der Waals surface area contributed by atoms with Crippen LogP contribution in [0.2, 0.25) is 0 Å². The van der Waals surface area contributed by atoms with Gasteiger partial charge in [0.25, 0.3) is 5.91 Å². The number of primary amides is 1. The van der Waals surface area contributed by atoms with Crippen LogP contribution in [0.1, 0.15) is 71.8 Å². The first-order valence-electron chi connectivity index (χ1n) is 11.9. The number of ether oxygens (including phenoxy) is 1. The number of hydrogen-bond acceptors (Lipinski definition) is 5. The van der Waals surface area contributed by atoms with Crippen molar-refractivity contribution in [3.05, 3.63) is 49.2 Å². The predicted molar refractivity (Wildman–Crippen MR) is 142 cm³/mol. The molecule has 0 saturated carbocycles. The summed E-state index contributed by atoms with van der Waals surface area (Å²) in [6, 6.07) is 3.78. The topological polar surface area (TPSA) is 89.7 Å². The zero-order valence-corrected chi connectivity index (χ0v) is 24.1. The third kappa shape index (κ3) is 4.88. The van der Waals surface area contributed by atoms with E-state index in [-0.39, 0.29) is 29.0 Å². The van der Waals surface area contributed by atoms with Crippen LogP contribution in [-0.4, -0.2) is 35.5 Å². The summed E-state index contributed by atoms with van der Waals surface area (Å²) < 4.78 is 6.83. The minimum Gasteiger partial charge on any atom is -0.481 e. The van der Waals surface area contributed by atoms with Crippen LogP contribution in [0.15, 0.2) is 43.6 Å². The molecular weight excluding hydrogens is 576 g/mol. The number of carbonyl (C=O) groups excluding carboxylic acids is 3. The fraction of sp³-hybridized carbons (Fsp3) is 0.519. The van der Waals surface area contributed by atoms with E-state index in [2.05, 4.69) is 71.4 Å². The van der Waals surface area contributed by atoms with Crippen molar-refractivity contribution < 1.29 is 19.1 Å². The Morgan fingerprint density at radius 2 is 1.43 bits per heavy atom. The average Bonchev–Trinajstić information content (AvgIpc) is 2.69. The van der Waals surface area contributed by atoms with Gasteiger partial charge < -0.3 is 15.4 Å². The highest BCUT2D eigenvalue weighted by Crippen LogP contribution is 2.55. The number of ketones is 2. The molecule has 2 aliphatic carbocycles. The van der Waals surface area contributed by atoms with Crippen LogP contribution in [-0.2, 0) is 14.4 Å². The molecule has 0 atom stereocenters. The number of benzene rings is 1. The van der Waals surface area contributed by atoms with Crippen LogP contribution in [0.4, 0.5) is 0 Å². The largest absolute Gasteiger partial charge is 0.481 e. The minimum absolute atomic E-state index is 0.102. The lowest BCUT2D eigenvalue weighted by Gasteiger charge is -2.49. The van der Waals surface area contributed by atoms with Crippen molar-refractivity contribution in [1.82, 2.24) is 4.90 Å². The highest BCUT2D eigenvalue weighted by Gasteiger charge is 2.48. The van der Waals surface area contributed by atoms with E-state index in [9.17, 15) is 14.4 Å². The lowest BCUT2D eigenvalue weighted by molar-refractivity contribution is -0.121. The first-order chi connectivity index (χ1) is 16.2. The Balaban J connectivity index is 1.94. The highest BCUT2D eigenvalue weighted by molar-refractivity contribution is 9.11. The van der Waals surface area contributed by atoms with Crippen molar-refractivity contribution in [3.63, 3.8) is 0 Å². The first-order valence-corrected chi connectivity index (χ1v) is 13.5. The number of rotatable bonds is 5. The molecule has 0 saturated heterocycles. The molecule has 0 aromatic heterocycles. The summed E-state index contributed by atoms with van der Waals surface area (Å²) in [5.74, 6) is -0.354. The fourth-order valence-corrected chi connectivity index (χ4v) is 7.24. The lowest BCUT2D eigenvalue weighted by atomic mass is 9.63. The minimum atomic E-state index is -0.574. The second kappa shape index (κ2) is 9.18. The molecule has 0 radical (unpaired) electrons. The Labute approximate surface area is 223 Å². The summed E-state index contributed by atoms with van der Waals surface area (Å²) in [5, 5.41) is 0. The molecule has 6 nitrogen and oxygen atoms in total. The van der Waals surface area contributed by atoms with Gasteiger partial charge in [0.1, 0.15) is 5.75 Å². The number of nitrogens with two attached hydrogens (primary N) is 1. The van der Waals surface area contributed by atoms with Crippen LogP contribution in [0.5, 0.6) is 5.75 Å². The van der Waals surface area contributed by atoms with Crippen molar-refractivity contribution in [3.8, 4) is 5.75 Å². The van der Waals surface area contributed by atoms with Crippen LogP contribution in [0.3, 0.4) is 0 Å². The molecule has 1 amide bonds. The maximum Gasteiger partial charge on any atom is 0.255 e. The maximum absolute atomic E-state index is 13.7. The zero-order valence-electron chi connectivity index (χ0n) is 20.9. The van der Waals surface area contributed by atoms with Crippen LogP contribution in [0.25, 0.3) is 0 Å². The molecule has 0 bridgehead atoms. The molecule has 35 heavy (non-hydrogen) atoms. The quantitative estimate of drug-likeness (QED) is 0.458. The number of carbonyl (C=O) groups is 3. The molecular formula is C27H32Br2N2O4. The van der Waals surface area contributed by atoms with Crippen LogP contribution in [0, 0.1) is 10.8 Å². The monoisotopic (exact) mass is 606 g/mol. The van der Waals surface area contributed by atoms with Gasteiger partial charge in [0.2, 0.25) is 0 Å². The number of halogens is 2. The number of allylic oxidation sites excluding steroid dienone is 4. The van der Waals surface area contributed by atoms with Gasteiger partial charge in [-0.2, -0.15) is 0 Å². The van der Waals surface area contributed by atoms with Crippen molar-refractivity contribution in [1.29, 1.82) is 0 Å². The molecule has 1 aromatic rings. The van der Waals surface area contributed by atoms with Crippen LogP contribution >= 0.6 is 31.9 Å². The predicted octanol–water partition coefficient (Wildman–Crippen LogP) is 5.78. The number of nitrogens with zero attached hydrogens (tertiary/aromatic N) is 1. The summed E-state index contributed by atoms with van der Waals surface area (Å²) in [6.45, 7) is 11.1. The van der Waals surface area contributed by atoms with Crippen molar-refractivity contribution in [2.75, 3.05) is 13.2 Å². The Bertz CT molecular complexity index is 1120. The molecule has 1 aliphatic heterocycles. The zero-order chi connectivity index (χ0) is 25.9. The van der Waals surface area contributed by atoms with E-state index in [0.717, 1.165) is 40.9 Å². The third-order valence-electron chi connectivity index (χ3n) is 7.05. The third-order valence-corrected chi connectivity index (χ3v) is 8.23. The van der Waals surface area contributed by atoms with Gasteiger partial charge >= 0.3 is 0 Å². The van der Waals surface area contributed by atoms with Gasteiger partial charge in [0, 0.05) is 47.8 Å². The first kappa shape index (κ1) is 26.1. The summed E-state index contributed by atoms with van der Waals surface area (Å²) >= 11 is 7.13. The molecule has 1 aromatic carbocycles. The van der Waals surface area contributed by atoms with Gasteiger partial charge in [-0.25, -0.2) is 0 Å². The molecule has 2 N–H and O–H groups in total. The summed E-state index contributed by atoms with van der Waals surface area (Å²) in [4.78, 5) is 40.9.